The van der Waals surface area contributed by atoms with Crippen LogP contribution in [0.25, 0.3) is 0 Å². The molecule has 0 aromatic carbocycles. The lowest BCUT2D eigenvalue weighted by Crippen LogP contribution is -2.27. The van der Waals surface area contributed by atoms with Gasteiger partial charge >= 0.3 is 0 Å². The highest BCUT2D eigenvalue weighted by Crippen LogP contribution is 2.15. The maximum Gasteiger partial charge on any atom is 0.244 e. The van der Waals surface area contributed by atoms with Crippen molar-refractivity contribution < 1.29 is 8.42 Å². The first-order valence-electron chi connectivity index (χ1n) is 4.56. The molecule has 0 aliphatic heterocycles. The second kappa shape index (κ2) is 4.92. The molecular formula is C9H13ClN2O2S. The van der Waals surface area contributed by atoms with Gasteiger partial charge in [-0.2, -0.15) is 0 Å². The minimum Gasteiger partial charge on any atom is -0.243 e. The van der Waals surface area contributed by atoms with Crippen molar-refractivity contribution in [2.24, 2.45) is 0 Å². The number of sulfonamides is 1. The van der Waals surface area contributed by atoms with Crippen LogP contribution in [-0.2, 0) is 10.0 Å². The summed E-state index contributed by atoms with van der Waals surface area (Å²) in [6.45, 7) is 2.41. The van der Waals surface area contributed by atoms with Crippen molar-refractivity contribution in [2.45, 2.75) is 18.2 Å². The van der Waals surface area contributed by atoms with E-state index in [9.17, 15) is 8.42 Å². The Morgan fingerprint density at radius 3 is 2.60 bits per heavy atom. The molecule has 0 saturated heterocycles. The zero-order valence-electron chi connectivity index (χ0n) is 8.64. The maximum atomic E-state index is 11.9. The van der Waals surface area contributed by atoms with Crippen LogP contribution >= 0.6 is 11.6 Å². The van der Waals surface area contributed by atoms with Gasteiger partial charge in [-0.1, -0.05) is 18.5 Å². The number of nitrogens with zero attached hydrogens (tertiary/aromatic N) is 2. The predicted octanol–water partition coefficient (Wildman–Crippen LogP) is 1.77. The first-order chi connectivity index (χ1) is 6.98. The molecule has 4 nitrogen and oxygen atoms in total. The lowest BCUT2D eigenvalue weighted by Gasteiger charge is -2.15. The Bertz CT molecular complexity index is 416. The molecule has 0 spiro atoms. The van der Waals surface area contributed by atoms with Gasteiger partial charge in [-0.05, 0) is 18.6 Å². The summed E-state index contributed by atoms with van der Waals surface area (Å²) in [5.74, 6) is 0. The van der Waals surface area contributed by atoms with Crippen LogP contribution in [0.4, 0.5) is 0 Å². The minimum absolute atomic E-state index is 0.169. The number of rotatable bonds is 4. The van der Waals surface area contributed by atoms with Gasteiger partial charge in [0, 0.05) is 19.8 Å². The minimum atomic E-state index is -3.41. The van der Waals surface area contributed by atoms with Crippen LogP contribution in [-0.4, -0.2) is 31.3 Å². The van der Waals surface area contributed by atoms with Crippen LogP contribution in [0.2, 0.25) is 5.15 Å². The van der Waals surface area contributed by atoms with Crippen LogP contribution in [0.1, 0.15) is 13.3 Å². The highest BCUT2D eigenvalue weighted by molar-refractivity contribution is 7.89. The third-order valence-electron chi connectivity index (χ3n) is 1.95. The quantitative estimate of drug-likeness (QED) is 0.763. The van der Waals surface area contributed by atoms with Crippen LogP contribution < -0.4 is 0 Å². The van der Waals surface area contributed by atoms with E-state index in [0.29, 0.717) is 6.54 Å². The number of aromatic nitrogens is 1. The van der Waals surface area contributed by atoms with Gasteiger partial charge in [-0.15, -0.1) is 0 Å². The molecule has 1 heterocycles. The highest BCUT2D eigenvalue weighted by Gasteiger charge is 2.19. The summed E-state index contributed by atoms with van der Waals surface area (Å²) in [5, 5.41) is 0.284. The molecule has 0 fully saturated rings. The topological polar surface area (TPSA) is 50.3 Å². The number of pyridine rings is 1. The Balaban J connectivity index is 3.01. The molecular weight excluding hydrogens is 236 g/mol. The first-order valence-corrected chi connectivity index (χ1v) is 6.38. The number of halogens is 1. The van der Waals surface area contributed by atoms with Crippen LogP contribution in [0.3, 0.4) is 0 Å². The van der Waals surface area contributed by atoms with E-state index in [1.807, 2.05) is 6.92 Å². The Morgan fingerprint density at radius 1 is 1.47 bits per heavy atom. The first kappa shape index (κ1) is 12.4. The summed E-state index contributed by atoms with van der Waals surface area (Å²) in [5.41, 5.74) is 0. The van der Waals surface area contributed by atoms with Gasteiger partial charge in [0.05, 0.1) is 0 Å². The summed E-state index contributed by atoms with van der Waals surface area (Å²) in [4.78, 5) is 3.92. The fourth-order valence-corrected chi connectivity index (χ4v) is 2.45. The Morgan fingerprint density at radius 2 is 2.13 bits per heavy atom. The Hall–Kier alpha value is -0.650. The zero-order valence-corrected chi connectivity index (χ0v) is 10.2. The molecule has 0 aliphatic rings. The van der Waals surface area contributed by atoms with Gasteiger partial charge in [0.25, 0.3) is 0 Å². The van der Waals surface area contributed by atoms with Crippen molar-refractivity contribution in [3.8, 4) is 0 Å². The molecule has 0 radical (unpaired) electrons. The van der Waals surface area contributed by atoms with Gasteiger partial charge in [-0.25, -0.2) is 17.7 Å². The molecule has 0 N–H and O–H groups in total. The lowest BCUT2D eigenvalue weighted by atomic mass is 10.5. The zero-order chi connectivity index (χ0) is 11.5. The van der Waals surface area contributed by atoms with Crippen LogP contribution in [0.5, 0.6) is 0 Å². The summed E-state index contributed by atoms with van der Waals surface area (Å²) >= 11 is 5.58. The molecule has 15 heavy (non-hydrogen) atoms. The molecule has 0 aliphatic carbocycles. The van der Waals surface area contributed by atoms with Crippen molar-refractivity contribution >= 4 is 21.6 Å². The fraction of sp³-hybridized carbons (Fsp3) is 0.444. The average Bonchev–Trinajstić information content (AvgIpc) is 2.18. The molecule has 0 amide bonds. The normalized spacial score (nSPS) is 12.0. The Kier molecular flexibility index (Phi) is 4.07. The van der Waals surface area contributed by atoms with E-state index < -0.39 is 10.0 Å². The molecule has 0 unspecified atom stereocenters. The van der Waals surface area contributed by atoms with Crippen molar-refractivity contribution in [3.63, 3.8) is 0 Å². The number of hydrogen-bond acceptors (Lipinski definition) is 3. The second-order valence-electron chi connectivity index (χ2n) is 3.14. The van der Waals surface area contributed by atoms with Gasteiger partial charge in [0.2, 0.25) is 10.0 Å². The standard InChI is InChI=1S/C9H13ClN2O2S/c1-3-6-12(2)15(13,14)8-4-5-9(10)11-7-8/h4-5,7H,3,6H2,1-2H3. The average molecular weight is 249 g/mol. The molecule has 0 bridgehead atoms. The largest absolute Gasteiger partial charge is 0.244 e. The smallest absolute Gasteiger partial charge is 0.243 e. The van der Waals surface area contributed by atoms with E-state index in [0.717, 1.165) is 6.42 Å². The van der Waals surface area contributed by atoms with E-state index in [-0.39, 0.29) is 10.0 Å². The maximum absolute atomic E-state index is 11.9. The van der Waals surface area contributed by atoms with Gasteiger partial charge in [0.15, 0.2) is 0 Å². The van der Waals surface area contributed by atoms with E-state index >= 15 is 0 Å². The van der Waals surface area contributed by atoms with Crippen LogP contribution in [0, 0.1) is 0 Å². The van der Waals surface area contributed by atoms with E-state index in [2.05, 4.69) is 4.98 Å². The lowest BCUT2D eigenvalue weighted by molar-refractivity contribution is 0.468. The van der Waals surface area contributed by atoms with Gasteiger partial charge < -0.3 is 0 Å². The number of hydrogen-bond donors (Lipinski definition) is 0. The summed E-state index contributed by atoms with van der Waals surface area (Å²) < 4.78 is 25.1. The molecule has 1 aromatic heterocycles. The monoisotopic (exact) mass is 248 g/mol. The van der Waals surface area contributed by atoms with Crippen molar-refractivity contribution in [1.29, 1.82) is 0 Å². The Labute approximate surface area is 94.9 Å². The molecule has 6 heteroatoms. The summed E-state index contributed by atoms with van der Waals surface area (Å²) in [7, 11) is -1.86. The van der Waals surface area contributed by atoms with Crippen molar-refractivity contribution in [2.75, 3.05) is 13.6 Å². The second-order valence-corrected chi connectivity index (χ2v) is 5.58. The van der Waals surface area contributed by atoms with Gasteiger partial charge in [0.1, 0.15) is 10.0 Å². The molecule has 1 rings (SSSR count). The molecule has 0 saturated carbocycles. The van der Waals surface area contributed by atoms with E-state index in [4.69, 9.17) is 11.6 Å². The van der Waals surface area contributed by atoms with Crippen molar-refractivity contribution in [1.82, 2.24) is 9.29 Å². The SMILES string of the molecule is CCCN(C)S(=O)(=O)c1ccc(Cl)nc1. The summed E-state index contributed by atoms with van der Waals surface area (Å²) in [6, 6.07) is 2.92. The predicted molar refractivity (Wildman–Crippen MR) is 59.4 cm³/mol. The third-order valence-corrected chi connectivity index (χ3v) is 4.01. The van der Waals surface area contributed by atoms with E-state index in [1.165, 1.54) is 22.6 Å². The molecule has 84 valence electrons. The summed E-state index contributed by atoms with van der Waals surface area (Å²) in [6.07, 6.45) is 2.04. The van der Waals surface area contributed by atoms with Crippen LogP contribution in [0.15, 0.2) is 23.2 Å². The highest BCUT2D eigenvalue weighted by atomic mass is 35.5. The van der Waals surface area contributed by atoms with Crippen molar-refractivity contribution in [3.05, 3.63) is 23.5 Å². The fourth-order valence-electron chi connectivity index (χ4n) is 1.13. The van der Waals surface area contributed by atoms with E-state index in [1.54, 1.807) is 7.05 Å². The van der Waals surface area contributed by atoms with Gasteiger partial charge in [-0.3, -0.25) is 0 Å². The third kappa shape index (κ3) is 2.90. The molecule has 1 aromatic rings. The molecule has 0 atom stereocenters.